The van der Waals surface area contributed by atoms with E-state index in [1.165, 1.54) is 10.5 Å². The molecule has 1 N–H and O–H groups in total. The summed E-state index contributed by atoms with van der Waals surface area (Å²) in [7, 11) is 3.42. The number of fused-ring (bicyclic) bond motifs is 1. The minimum atomic E-state index is -0.128. The van der Waals surface area contributed by atoms with Crippen molar-refractivity contribution < 1.29 is 9.59 Å². The van der Waals surface area contributed by atoms with Gasteiger partial charge in [0.25, 0.3) is 0 Å². The van der Waals surface area contributed by atoms with Crippen LogP contribution in [-0.2, 0) is 11.2 Å². The fourth-order valence-electron chi connectivity index (χ4n) is 2.14. The van der Waals surface area contributed by atoms with Crippen LogP contribution in [0.1, 0.15) is 12.0 Å². The highest BCUT2D eigenvalue weighted by molar-refractivity contribution is 5.94. The van der Waals surface area contributed by atoms with Gasteiger partial charge in [0.15, 0.2) is 0 Å². The fourth-order valence-corrected chi connectivity index (χ4v) is 2.14. The Morgan fingerprint density at radius 2 is 2.05 bits per heavy atom. The van der Waals surface area contributed by atoms with E-state index < -0.39 is 0 Å². The maximum Gasteiger partial charge on any atom is 0.321 e. The van der Waals surface area contributed by atoms with Crippen LogP contribution in [0.4, 0.5) is 10.5 Å². The first kappa shape index (κ1) is 13.4. The number of benzene rings is 1. The second-order valence-electron chi connectivity index (χ2n) is 4.80. The molecule has 0 spiro atoms. The van der Waals surface area contributed by atoms with Crippen molar-refractivity contribution in [3.05, 3.63) is 29.8 Å². The van der Waals surface area contributed by atoms with Crippen molar-refractivity contribution >= 4 is 17.6 Å². The van der Waals surface area contributed by atoms with Crippen molar-refractivity contribution in [1.82, 2.24) is 10.2 Å². The summed E-state index contributed by atoms with van der Waals surface area (Å²) in [4.78, 5) is 26.7. The highest BCUT2D eigenvalue weighted by Gasteiger charge is 2.23. The Bertz CT molecular complexity index is 485. The first-order valence-electron chi connectivity index (χ1n) is 6.43. The lowest BCUT2D eigenvalue weighted by atomic mass is 10.2. The predicted octanol–water partition coefficient (Wildman–Crippen LogP) is 1.24. The number of nitrogens with one attached hydrogen (secondary N) is 1. The summed E-state index contributed by atoms with van der Waals surface area (Å²) < 4.78 is 0. The van der Waals surface area contributed by atoms with Crippen LogP contribution in [0.2, 0.25) is 0 Å². The van der Waals surface area contributed by atoms with E-state index in [2.05, 4.69) is 5.32 Å². The maximum atomic E-state index is 12.0. The minimum Gasteiger partial charge on any atom is -0.349 e. The molecule has 1 aliphatic heterocycles. The minimum absolute atomic E-state index is 0.0159. The number of urea groups is 1. The lowest BCUT2D eigenvalue weighted by Crippen LogP contribution is -2.40. The molecule has 1 heterocycles. The third-order valence-corrected chi connectivity index (χ3v) is 3.25. The average Bonchev–Trinajstić information content (AvgIpc) is 2.82. The third-order valence-electron chi connectivity index (χ3n) is 3.25. The number of rotatable bonds is 3. The van der Waals surface area contributed by atoms with E-state index in [1.807, 2.05) is 24.3 Å². The summed E-state index contributed by atoms with van der Waals surface area (Å²) in [6.07, 6.45) is 1.22. The lowest BCUT2D eigenvalue weighted by Gasteiger charge is -2.18. The third kappa shape index (κ3) is 3.05. The first-order valence-corrected chi connectivity index (χ1v) is 6.43. The molecule has 0 aromatic heterocycles. The van der Waals surface area contributed by atoms with E-state index >= 15 is 0 Å². The molecule has 0 unspecified atom stereocenters. The number of nitrogens with zero attached hydrogens (tertiary/aromatic N) is 2. The summed E-state index contributed by atoms with van der Waals surface area (Å²) in [6, 6.07) is 7.78. The van der Waals surface area contributed by atoms with E-state index in [0.717, 1.165) is 12.1 Å². The van der Waals surface area contributed by atoms with Gasteiger partial charge in [0.05, 0.1) is 0 Å². The van der Waals surface area contributed by atoms with Gasteiger partial charge >= 0.3 is 6.03 Å². The monoisotopic (exact) mass is 261 g/mol. The highest BCUT2D eigenvalue weighted by Crippen LogP contribution is 2.27. The molecule has 102 valence electrons. The SMILES string of the molecule is CN(C)C(=O)CCNC(=O)N1CCc2ccccc21. The lowest BCUT2D eigenvalue weighted by molar-refractivity contribution is -0.128. The van der Waals surface area contributed by atoms with E-state index in [4.69, 9.17) is 0 Å². The van der Waals surface area contributed by atoms with Crippen molar-refractivity contribution in [2.45, 2.75) is 12.8 Å². The van der Waals surface area contributed by atoms with Crippen LogP contribution in [0.25, 0.3) is 0 Å². The van der Waals surface area contributed by atoms with Crippen LogP contribution < -0.4 is 10.2 Å². The second kappa shape index (κ2) is 5.73. The summed E-state index contributed by atoms with van der Waals surface area (Å²) in [5.74, 6) is 0.0159. The second-order valence-corrected chi connectivity index (χ2v) is 4.80. The van der Waals surface area contributed by atoms with E-state index in [1.54, 1.807) is 19.0 Å². The molecule has 0 fully saturated rings. The molecule has 19 heavy (non-hydrogen) atoms. The Labute approximate surface area is 113 Å². The normalized spacial score (nSPS) is 13.1. The zero-order valence-corrected chi connectivity index (χ0v) is 11.3. The van der Waals surface area contributed by atoms with Gasteiger partial charge in [-0.3, -0.25) is 9.69 Å². The molecular formula is C14H19N3O2. The number of carbonyl (C=O) groups excluding carboxylic acids is 2. The Balaban J connectivity index is 1.87. The molecule has 0 atom stereocenters. The molecular weight excluding hydrogens is 242 g/mol. The Morgan fingerprint density at radius 3 is 2.79 bits per heavy atom. The molecule has 1 aromatic carbocycles. The van der Waals surface area contributed by atoms with Gasteiger partial charge in [0, 0.05) is 39.3 Å². The van der Waals surface area contributed by atoms with Gasteiger partial charge in [-0.2, -0.15) is 0 Å². The maximum absolute atomic E-state index is 12.0. The largest absolute Gasteiger partial charge is 0.349 e. The van der Waals surface area contributed by atoms with Crippen molar-refractivity contribution in [2.24, 2.45) is 0 Å². The van der Waals surface area contributed by atoms with Gasteiger partial charge in [0.2, 0.25) is 5.91 Å². The molecule has 0 radical (unpaired) electrons. The molecule has 5 heteroatoms. The molecule has 5 nitrogen and oxygen atoms in total. The van der Waals surface area contributed by atoms with Crippen LogP contribution in [0, 0.1) is 0 Å². The molecule has 2 rings (SSSR count). The zero-order valence-electron chi connectivity index (χ0n) is 11.3. The van der Waals surface area contributed by atoms with Crippen molar-refractivity contribution in [3.8, 4) is 0 Å². The summed E-state index contributed by atoms with van der Waals surface area (Å²) in [6.45, 7) is 1.07. The summed E-state index contributed by atoms with van der Waals surface area (Å²) >= 11 is 0. The Hall–Kier alpha value is -2.04. The first-order chi connectivity index (χ1) is 9.09. The van der Waals surface area contributed by atoms with Gasteiger partial charge < -0.3 is 10.2 Å². The quantitative estimate of drug-likeness (QED) is 0.890. The highest BCUT2D eigenvalue weighted by atomic mass is 16.2. The standard InChI is InChI=1S/C14H19N3O2/c1-16(2)13(18)7-9-15-14(19)17-10-8-11-5-3-4-6-12(11)17/h3-6H,7-10H2,1-2H3,(H,15,19). The number of carbonyl (C=O) groups is 2. The van der Waals surface area contributed by atoms with Crippen LogP contribution in [0.3, 0.4) is 0 Å². The van der Waals surface area contributed by atoms with Crippen LogP contribution in [0.5, 0.6) is 0 Å². The topological polar surface area (TPSA) is 52.7 Å². The van der Waals surface area contributed by atoms with Crippen molar-refractivity contribution in [1.29, 1.82) is 0 Å². The fraction of sp³-hybridized carbons (Fsp3) is 0.429. The molecule has 3 amide bonds. The van der Waals surface area contributed by atoms with Gasteiger partial charge in [-0.1, -0.05) is 18.2 Å². The predicted molar refractivity (Wildman–Crippen MR) is 74.2 cm³/mol. The van der Waals surface area contributed by atoms with E-state index in [0.29, 0.717) is 19.5 Å². The molecule has 1 aliphatic rings. The van der Waals surface area contributed by atoms with Gasteiger partial charge in [-0.25, -0.2) is 4.79 Å². The summed E-state index contributed by atoms with van der Waals surface area (Å²) in [5, 5.41) is 2.79. The number of hydrogen-bond acceptors (Lipinski definition) is 2. The molecule has 1 aromatic rings. The van der Waals surface area contributed by atoms with Crippen LogP contribution in [-0.4, -0.2) is 44.0 Å². The van der Waals surface area contributed by atoms with Gasteiger partial charge in [-0.05, 0) is 18.1 Å². The Morgan fingerprint density at radius 1 is 1.32 bits per heavy atom. The van der Waals surface area contributed by atoms with Crippen molar-refractivity contribution in [2.75, 3.05) is 32.1 Å². The Kier molecular flexibility index (Phi) is 4.04. The smallest absolute Gasteiger partial charge is 0.321 e. The van der Waals surface area contributed by atoms with Gasteiger partial charge in [-0.15, -0.1) is 0 Å². The van der Waals surface area contributed by atoms with Crippen LogP contribution in [0.15, 0.2) is 24.3 Å². The molecule has 0 bridgehead atoms. The number of anilines is 1. The number of hydrogen-bond donors (Lipinski definition) is 1. The number of para-hydroxylation sites is 1. The molecule has 0 saturated heterocycles. The zero-order chi connectivity index (χ0) is 13.8. The van der Waals surface area contributed by atoms with Crippen molar-refractivity contribution in [3.63, 3.8) is 0 Å². The van der Waals surface area contributed by atoms with E-state index in [-0.39, 0.29) is 11.9 Å². The summed E-state index contributed by atoms with van der Waals surface area (Å²) in [5.41, 5.74) is 2.17. The number of amides is 3. The van der Waals surface area contributed by atoms with E-state index in [9.17, 15) is 9.59 Å². The van der Waals surface area contributed by atoms with Crippen LogP contribution >= 0.6 is 0 Å². The average molecular weight is 261 g/mol. The molecule has 0 saturated carbocycles. The molecule has 0 aliphatic carbocycles. The van der Waals surface area contributed by atoms with Gasteiger partial charge in [0.1, 0.15) is 0 Å².